The van der Waals surface area contributed by atoms with Gasteiger partial charge in [0.05, 0.1) is 5.69 Å². The van der Waals surface area contributed by atoms with E-state index >= 15 is 0 Å². The maximum absolute atomic E-state index is 12.3. The molecule has 1 aliphatic rings. The minimum Gasteiger partial charge on any atom is -0.478 e. The monoisotopic (exact) mass is 268 g/mol. The van der Waals surface area contributed by atoms with Crippen LogP contribution in [0.1, 0.15) is 5.56 Å². The molecule has 4 nitrogen and oxygen atoms in total. The van der Waals surface area contributed by atoms with Crippen molar-refractivity contribution in [2.45, 2.75) is 12.5 Å². The Morgan fingerprint density at radius 3 is 2.60 bits per heavy atom. The normalized spacial score (nSPS) is 17.6. The SMILES string of the molecule is CN1C(=O)C(Cc2ccc(N)cc2)Oc2ccccc21. The lowest BCUT2D eigenvalue weighted by Crippen LogP contribution is -2.44. The number of anilines is 2. The third-order valence-corrected chi connectivity index (χ3v) is 3.50. The highest BCUT2D eigenvalue weighted by molar-refractivity contribution is 5.99. The molecular formula is C16H16N2O2. The summed E-state index contributed by atoms with van der Waals surface area (Å²) in [5.41, 5.74) is 8.22. The first-order valence-corrected chi connectivity index (χ1v) is 6.53. The van der Waals surface area contributed by atoms with Crippen LogP contribution in [-0.2, 0) is 11.2 Å². The Kier molecular flexibility index (Phi) is 3.06. The molecule has 0 aliphatic carbocycles. The van der Waals surface area contributed by atoms with Gasteiger partial charge in [0.2, 0.25) is 0 Å². The van der Waals surface area contributed by atoms with Gasteiger partial charge in [-0.2, -0.15) is 0 Å². The maximum Gasteiger partial charge on any atom is 0.268 e. The Balaban J connectivity index is 1.85. The van der Waals surface area contributed by atoms with E-state index in [2.05, 4.69) is 0 Å². The first-order valence-electron chi connectivity index (χ1n) is 6.53. The Labute approximate surface area is 117 Å². The number of benzene rings is 2. The number of carbonyl (C=O) groups is 1. The van der Waals surface area contributed by atoms with Crippen LogP contribution in [0.5, 0.6) is 5.75 Å². The molecule has 102 valence electrons. The molecule has 2 aromatic rings. The van der Waals surface area contributed by atoms with Crippen LogP contribution in [0.4, 0.5) is 11.4 Å². The first-order chi connectivity index (χ1) is 9.65. The molecule has 2 N–H and O–H groups in total. The summed E-state index contributed by atoms with van der Waals surface area (Å²) in [6, 6.07) is 15.1. The maximum atomic E-state index is 12.3. The third-order valence-electron chi connectivity index (χ3n) is 3.50. The lowest BCUT2D eigenvalue weighted by molar-refractivity contribution is -0.125. The molecule has 1 unspecified atom stereocenters. The Morgan fingerprint density at radius 2 is 1.85 bits per heavy atom. The molecule has 2 aromatic carbocycles. The summed E-state index contributed by atoms with van der Waals surface area (Å²) < 4.78 is 5.83. The van der Waals surface area contributed by atoms with E-state index in [9.17, 15) is 4.79 Å². The van der Waals surface area contributed by atoms with Crippen LogP contribution in [0.2, 0.25) is 0 Å². The van der Waals surface area contributed by atoms with Crippen LogP contribution >= 0.6 is 0 Å². The van der Waals surface area contributed by atoms with Gasteiger partial charge in [0, 0.05) is 19.2 Å². The highest BCUT2D eigenvalue weighted by Crippen LogP contribution is 2.33. The minimum absolute atomic E-state index is 0.0273. The van der Waals surface area contributed by atoms with Gasteiger partial charge in [0.15, 0.2) is 6.10 Å². The van der Waals surface area contributed by atoms with E-state index in [1.165, 1.54) is 0 Å². The summed E-state index contributed by atoms with van der Waals surface area (Å²) in [7, 11) is 1.78. The van der Waals surface area contributed by atoms with Crippen LogP contribution in [0.3, 0.4) is 0 Å². The zero-order chi connectivity index (χ0) is 14.1. The van der Waals surface area contributed by atoms with Crippen molar-refractivity contribution in [3.05, 3.63) is 54.1 Å². The lowest BCUT2D eigenvalue weighted by atomic mass is 10.0. The van der Waals surface area contributed by atoms with Gasteiger partial charge in [-0.05, 0) is 29.8 Å². The fourth-order valence-corrected chi connectivity index (χ4v) is 2.37. The Bertz CT molecular complexity index is 637. The van der Waals surface area contributed by atoms with Crippen LogP contribution in [-0.4, -0.2) is 19.1 Å². The van der Waals surface area contributed by atoms with Crippen molar-refractivity contribution in [3.8, 4) is 5.75 Å². The molecular weight excluding hydrogens is 252 g/mol. The van der Waals surface area contributed by atoms with Gasteiger partial charge in [0.25, 0.3) is 5.91 Å². The number of rotatable bonds is 2. The second-order valence-corrected chi connectivity index (χ2v) is 4.92. The van der Waals surface area contributed by atoms with Crippen molar-refractivity contribution >= 4 is 17.3 Å². The van der Waals surface area contributed by atoms with Crippen molar-refractivity contribution in [1.29, 1.82) is 0 Å². The molecule has 1 amide bonds. The number of fused-ring (bicyclic) bond motifs is 1. The molecule has 1 heterocycles. The van der Waals surface area contributed by atoms with Crippen molar-refractivity contribution in [2.24, 2.45) is 0 Å². The number of amides is 1. The Hall–Kier alpha value is -2.49. The molecule has 0 fully saturated rings. The van der Waals surface area contributed by atoms with Gasteiger partial charge in [0.1, 0.15) is 5.75 Å². The molecule has 0 bridgehead atoms. The van der Waals surface area contributed by atoms with E-state index in [-0.39, 0.29) is 5.91 Å². The van der Waals surface area contributed by atoms with E-state index < -0.39 is 6.10 Å². The van der Waals surface area contributed by atoms with Crippen LogP contribution in [0, 0.1) is 0 Å². The Morgan fingerprint density at radius 1 is 1.15 bits per heavy atom. The number of hydrogen-bond donors (Lipinski definition) is 1. The predicted molar refractivity (Wildman–Crippen MR) is 78.8 cm³/mol. The zero-order valence-electron chi connectivity index (χ0n) is 11.2. The third kappa shape index (κ3) is 2.20. The molecule has 1 atom stereocenters. The number of ether oxygens (including phenoxy) is 1. The first kappa shape index (κ1) is 12.5. The van der Waals surface area contributed by atoms with Gasteiger partial charge in [-0.3, -0.25) is 4.79 Å². The summed E-state index contributed by atoms with van der Waals surface area (Å²) in [5.74, 6) is 0.718. The van der Waals surface area contributed by atoms with Gasteiger partial charge in [-0.1, -0.05) is 24.3 Å². The second-order valence-electron chi connectivity index (χ2n) is 4.92. The van der Waals surface area contributed by atoms with E-state index in [4.69, 9.17) is 10.5 Å². The highest BCUT2D eigenvalue weighted by atomic mass is 16.5. The molecule has 0 saturated heterocycles. The van der Waals surface area contributed by atoms with Crippen molar-refractivity contribution < 1.29 is 9.53 Å². The molecule has 0 radical (unpaired) electrons. The average molecular weight is 268 g/mol. The van der Waals surface area contributed by atoms with E-state index in [0.29, 0.717) is 12.1 Å². The summed E-state index contributed by atoms with van der Waals surface area (Å²) >= 11 is 0. The number of hydrogen-bond acceptors (Lipinski definition) is 3. The predicted octanol–water partition coefficient (Wildman–Crippen LogP) is 2.24. The summed E-state index contributed by atoms with van der Waals surface area (Å²) in [4.78, 5) is 14.0. The van der Waals surface area contributed by atoms with Gasteiger partial charge < -0.3 is 15.4 Å². The lowest BCUT2D eigenvalue weighted by Gasteiger charge is -2.32. The number of nitrogens with two attached hydrogens (primary N) is 1. The molecule has 0 spiro atoms. The van der Waals surface area contributed by atoms with Gasteiger partial charge in [-0.15, -0.1) is 0 Å². The summed E-state index contributed by atoms with van der Waals surface area (Å²) in [5, 5.41) is 0. The molecule has 0 aromatic heterocycles. The van der Waals surface area contributed by atoms with Crippen LogP contribution in [0.15, 0.2) is 48.5 Å². The van der Waals surface area contributed by atoms with Crippen molar-refractivity contribution in [1.82, 2.24) is 0 Å². The number of carbonyl (C=O) groups excluding carboxylic acids is 1. The van der Waals surface area contributed by atoms with Crippen molar-refractivity contribution in [2.75, 3.05) is 17.7 Å². The van der Waals surface area contributed by atoms with Gasteiger partial charge in [-0.25, -0.2) is 0 Å². The van der Waals surface area contributed by atoms with E-state index in [1.807, 2.05) is 48.5 Å². The van der Waals surface area contributed by atoms with Crippen LogP contribution in [0.25, 0.3) is 0 Å². The quantitative estimate of drug-likeness (QED) is 0.850. The number of nitrogen functional groups attached to an aromatic ring is 1. The fourth-order valence-electron chi connectivity index (χ4n) is 2.37. The topological polar surface area (TPSA) is 55.6 Å². The van der Waals surface area contributed by atoms with E-state index in [0.717, 1.165) is 17.0 Å². The minimum atomic E-state index is -0.487. The molecule has 1 aliphatic heterocycles. The molecule has 20 heavy (non-hydrogen) atoms. The van der Waals surface area contributed by atoms with Crippen molar-refractivity contribution in [3.63, 3.8) is 0 Å². The molecule has 0 saturated carbocycles. The smallest absolute Gasteiger partial charge is 0.268 e. The van der Waals surface area contributed by atoms with Crippen LogP contribution < -0.4 is 15.4 Å². The fraction of sp³-hybridized carbons (Fsp3) is 0.188. The standard InChI is InChI=1S/C16H16N2O2/c1-18-13-4-2-3-5-14(13)20-15(16(18)19)10-11-6-8-12(17)9-7-11/h2-9,15H,10,17H2,1H3. The second kappa shape index (κ2) is 4.89. The number of para-hydroxylation sites is 2. The zero-order valence-corrected chi connectivity index (χ0v) is 11.2. The molecule has 3 rings (SSSR count). The largest absolute Gasteiger partial charge is 0.478 e. The average Bonchev–Trinajstić information content (AvgIpc) is 2.47. The summed E-state index contributed by atoms with van der Waals surface area (Å²) in [6.07, 6.45) is 0.0520. The number of nitrogens with zero attached hydrogens (tertiary/aromatic N) is 1. The highest BCUT2D eigenvalue weighted by Gasteiger charge is 2.31. The van der Waals surface area contributed by atoms with E-state index in [1.54, 1.807) is 11.9 Å². The summed E-state index contributed by atoms with van der Waals surface area (Å²) in [6.45, 7) is 0. The van der Waals surface area contributed by atoms with Gasteiger partial charge >= 0.3 is 0 Å². The number of likely N-dealkylation sites (N-methyl/N-ethyl adjacent to an activating group) is 1. The molecule has 4 heteroatoms.